The summed E-state index contributed by atoms with van der Waals surface area (Å²) >= 11 is 0. The summed E-state index contributed by atoms with van der Waals surface area (Å²) < 4.78 is 16.0. The molecule has 1 unspecified atom stereocenters. The third kappa shape index (κ3) is 3.63. The Balaban J connectivity index is 1.90. The molecule has 1 aliphatic rings. The lowest BCUT2D eigenvalue weighted by atomic mass is 9.95. The second kappa shape index (κ2) is 8.35. The highest BCUT2D eigenvalue weighted by atomic mass is 16.5. The molecule has 1 amide bonds. The van der Waals surface area contributed by atoms with Crippen molar-refractivity contribution in [1.29, 1.82) is 0 Å². The number of aliphatic hydroxyl groups is 1. The number of furan rings is 1. The number of hydrogen-bond donors (Lipinski definition) is 1. The lowest BCUT2D eigenvalue weighted by molar-refractivity contribution is -0.140. The summed E-state index contributed by atoms with van der Waals surface area (Å²) in [6, 6.07) is 10.8. The normalized spacial score (nSPS) is 17.7. The fourth-order valence-electron chi connectivity index (χ4n) is 3.65. The minimum Gasteiger partial charge on any atom is -0.507 e. The predicted molar refractivity (Wildman–Crippen MR) is 110 cm³/mol. The van der Waals surface area contributed by atoms with Crippen molar-refractivity contribution in [2.24, 2.45) is 0 Å². The van der Waals surface area contributed by atoms with Gasteiger partial charge in [-0.2, -0.15) is 0 Å². The number of carbonyl (C=O) groups excluding carboxylic acids is 2. The van der Waals surface area contributed by atoms with E-state index in [-0.39, 0.29) is 23.4 Å². The van der Waals surface area contributed by atoms with Crippen molar-refractivity contribution >= 4 is 17.4 Å². The Bertz CT molecular complexity index is 1140. The number of likely N-dealkylation sites (tertiary alicyclic amines) is 1. The summed E-state index contributed by atoms with van der Waals surface area (Å²) in [7, 11) is 2.94. The molecule has 0 saturated carbocycles. The van der Waals surface area contributed by atoms with Crippen LogP contribution in [0.15, 0.2) is 71.1 Å². The number of methoxy groups -OCH3 is 2. The average Bonchev–Trinajstić information content (AvgIpc) is 3.41. The molecule has 4 rings (SSSR count). The molecule has 0 aliphatic carbocycles. The fourth-order valence-corrected chi connectivity index (χ4v) is 3.65. The molecule has 0 radical (unpaired) electrons. The first kappa shape index (κ1) is 20.2. The molecule has 1 atom stereocenters. The SMILES string of the molecule is COc1ccc(OC)c(/C(O)=C2\C(=O)C(=O)N(Cc3ccco3)C2c2ccncc2)c1. The molecule has 8 nitrogen and oxygen atoms in total. The molecule has 1 fully saturated rings. The van der Waals surface area contributed by atoms with E-state index in [9.17, 15) is 14.7 Å². The van der Waals surface area contributed by atoms with Crippen LogP contribution in [0, 0.1) is 0 Å². The molecule has 1 aromatic carbocycles. The fraction of sp³-hybridized carbons (Fsp3) is 0.174. The molecular weight excluding hydrogens is 400 g/mol. The van der Waals surface area contributed by atoms with Crippen molar-refractivity contribution < 1.29 is 28.6 Å². The maximum absolute atomic E-state index is 13.1. The number of ketones is 1. The Morgan fingerprint density at radius 1 is 1.13 bits per heavy atom. The van der Waals surface area contributed by atoms with Gasteiger partial charge >= 0.3 is 0 Å². The monoisotopic (exact) mass is 420 g/mol. The summed E-state index contributed by atoms with van der Waals surface area (Å²) in [6.45, 7) is 0.0661. The van der Waals surface area contributed by atoms with Gasteiger partial charge in [0.25, 0.3) is 11.7 Å². The number of ether oxygens (including phenoxy) is 2. The topological polar surface area (TPSA) is 102 Å². The first-order valence-electron chi connectivity index (χ1n) is 9.48. The smallest absolute Gasteiger partial charge is 0.296 e. The first-order chi connectivity index (χ1) is 15.0. The van der Waals surface area contributed by atoms with Gasteiger partial charge in [0.05, 0.1) is 44.2 Å². The first-order valence-corrected chi connectivity index (χ1v) is 9.48. The standard InChI is InChI=1S/C23H20N2O6/c1-29-15-5-6-18(30-2)17(12-15)21(26)19-20(14-7-9-24-10-8-14)25(23(28)22(19)27)13-16-4-3-11-31-16/h3-12,20,26H,13H2,1-2H3/b21-19+. The largest absolute Gasteiger partial charge is 0.507 e. The van der Waals surface area contributed by atoms with Crippen LogP contribution in [-0.4, -0.2) is 40.9 Å². The van der Waals surface area contributed by atoms with Crippen molar-refractivity contribution in [3.05, 3.63) is 83.6 Å². The quantitative estimate of drug-likeness (QED) is 0.371. The van der Waals surface area contributed by atoms with Crippen LogP contribution in [0.5, 0.6) is 11.5 Å². The number of hydrogen-bond acceptors (Lipinski definition) is 7. The Morgan fingerprint density at radius 3 is 2.55 bits per heavy atom. The lowest BCUT2D eigenvalue weighted by Crippen LogP contribution is -2.29. The molecule has 1 aliphatic heterocycles. The number of pyridine rings is 1. The average molecular weight is 420 g/mol. The molecule has 1 saturated heterocycles. The van der Waals surface area contributed by atoms with Crippen LogP contribution in [0.2, 0.25) is 0 Å². The van der Waals surface area contributed by atoms with Crippen LogP contribution in [0.3, 0.4) is 0 Å². The van der Waals surface area contributed by atoms with Gasteiger partial charge in [-0.1, -0.05) is 0 Å². The van der Waals surface area contributed by atoms with Crippen LogP contribution >= 0.6 is 0 Å². The zero-order chi connectivity index (χ0) is 22.0. The van der Waals surface area contributed by atoms with Crippen LogP contribution in [0.1, 0.15) is 22.9 Å². The zero-order valence-corrected chi connectivity index (χ0v) is 16.9. The van der Waals surface area contributed by atoms with E-state index in [2.05, 4.69) is 4.98 Å². The van der Waals surface area contributed by atoms with Crippen molar-refractivity contribution in [1.82, 2.24) is 9.88 Å². The summed E-state index contributed by atoms with van der Waals surface area (Å²) in [6.07, 6.45) is 4.62. The second-order valence-corrected chi connectivity index (χ2v) is 6.85. The highest BCUT2D eigenvalue weighted by Gasteiger charge is 2.46. The highest BCUT2D eigenvalue weighted by Crippen LogP contribution is 2.42. The molecule has 2 aromatic heterocycles. The van der Waals surface area contributed by atoms with E-state index in [0.717, 1.165) is 0 Å². The highest BCUT2D eigenvalue weighted by molar-refractivity contribution is 6.46. The number of Topliss-reactive ketones (excluding diaryl/α,β-unsaturated/α-hetero) is 1. The van der Waals surface area contributed by atoms with Gasteiger partial charge in [-0.15, -0.1) is 0 Å². The van der Waals surface area contributed by atoms with Gasteiger partial charge in [-0.3, -0.25) is 14.6 Å². The van der Waals surface area contributed by atoms with Gasteiger partial charge in [0, 0.05) is 12.4 Å². The van der Waals surface area contributed by atoms with Crippen molar-refractivity contribution in [3.8, 4) is 11.5 Å². The van der Waals surface area contributed by atoms with E-state index >= 15 is 0 Å². The summed E-state index contributed by atoms with van der Waals surface area (Å²) in [4.78, 5) is 31.4. The third-order valence-electron chi connectivity index (χ3n) is 5.13. The maximum atomic E-state index is 13.1. The van der Waals surface area contributed by atoms with Crippen LogP contribution in [0.25, 0.3) is 5.76 Å². The van der Waals surface area contributed by atoms with Gasteiger partial charge in [0.1, 0.15) is 23.0 Å². The van der Waals surface area contributed by atoms with E-state index < -0.39 is 17.7 Å². The van der Waals surface area contributed by atoms with E-state index in [0.29, 0.717) is 22.8 Å². The van der Waals surface area contributed by atoms with Crippen molar-refractivity contribution in [2.75, 3.05) is 14.2 Å². The molecular formula is C23H20N2O6. The van der Waals surface area contributed by atoms with Crippen molar-refractivity contribution in [2.45, 2.75) is 12.6 Å². The summed E-state index contributed by atoms with van der Waals surface area (Å²) in [5, 5.41) is 11.2. The Kier molecular flexibility index (Phi) is 5.44. The summed E-state index contributed by atoms with van der Waals surface area (Å²) in [5.74, 6) is -0.563. The number of aromatic nitrogens is 1. The Morgan fingerprint density at radius 2 is 1.90 bits per heavy atom. The number of rotatable bonds is 6. The molecule has 0 bridgehead atoms. The van der Waals surface area contributed by atoms with E-state index in [1.807, 2.05) is 0 Å². The maximum Gasteiger partial charge on any atom is 0.296 e. The van der Waals surface area contributed by atoms with Gasteiger partial charge in [-0.05, 0) is 48.0 Å². The van der Waals surface area contributed by atoms with Gasteiger partial charge < -0.3 is 23.9 Å². The number of carbonyl (C=O) groups is 2. The Hall–Kier alpha value is -4.07. The molecule has 3 heterocycles. The molecule has 8 heteroatoms. The van der Waals surface area contributed by atoms with Crippen LogP contribution in [0.4, 0.5) is 0 Å². The summed E-state index contributed by atoms with van der Waals surface area (Å²) in [5.41, 5.74) is 0.829. The van der Waals surface area contributed by atoms with Gasteiger partial charge in [-0.25, -0.2) is 0 Å². The lowest BCUT2D eigenvalue weighted by Gasteiger charge is -2.24. The minimum atomic E-state index is -0.830. The van der Waals surface area contributed by atoms with E-state index in [4.69, 9.17) is 13.9 Å². The minimum absolute atomic E-state index is 0.0469. The number of benzene rings is 1. The van der Waals surface area contributed by atoms with Crippen LogP contribution in [-0.2, 0) is 16.1 Å². The van der Waals surface area contributed by atoms with Crippen molar-refractivity contribution in [3.63, 3.8) is 0 Å². The van der Waals surface area contributed by atoms with E-state index in [1.165, 1.54) is 25.4 Å². The van der Waals surface area contributed by atoms with Crippen LogP contribution < -0.4 is 9.47 Å². The molecule has 0 spiro atoms. The second-order valence-electron chi connectivity index (χ2n) is 6.85. The number of aliphatic hydroxyl groups excluding tert-OH is 1. The Labute approximate surface area is 178 Å². The molecule has 1 N–H and O–H groups in total. The van der Waals surface area contributed by atoms with E-state index in [1.54, 1.807) is 54.9 Å². The zero-order valence-electron chi connectivity index (χ0n) is 16.9. The number of amides is 1. The molecule has 3 aromatic rings. The number of nitrogens with zero attached hydrogens (tertiary/aromatic N) is 2. The van der Waals surface area contributed by atoms with Gasteiger partial charge in [0.2, 0.25) is 0 Å². The molecule has 158 valence electrons. The molecule has 31 heavy (non-hydrogen) atoms. The third-order valence-corrected chi connectivity index (χ3v) is 5.13. The predicted octanol–water partition coefficient (Wildman–Crippen LogP) is 3.31. The van der Waals surface area contributed by atoms with Gasteiger partial charge in [0.15, 0.2) is 0 Å².